The van der Waals surface area contributed by atoms with Crippen molar-refractivity contribution in [3.8, 4) is 0 Å². The van der Waals surface area contributed by atoms with Crippen LogP contribution in [0.2, 0.25) is 0 Å². The third kappa shape index (κ3) is 3.77. The number of hydrogen-bond acceptors (Lipinski definition) is 4. The summed E-state index contributed by atoms with van der Waals surface area (Å²) in [7, 11) is 0. The van der Waals surface area contributed by atoms with E-state index in [0.717, 1.165) is 19.6 Å². The minimum atomic E-state index is 0.607. The van der Waals surface area contributed by atoms with Gasteiger partial charge in [-0.15, -0.1) is 11.3 Å². The van der Waals surface area contributed by atoms with Crippen LogP contribution in [0.3, 0.4) is 0 Å². The molecule has 0 aliphatic carbocycles. The molecule has 1 aromatic heterocycles. The van der Waals surface area contributed by atoms with Crippen LogP contribution in [0.4, 0.5) is 0 Å². The smallest absolute Gasteiger partial charge is 0.107 e. The number of hydrogen-bond donors (Lipinski definition) is 1. The summed E-state index contributed by atoms with van der Waals surface area (Å²) in [6, 6.07) is 1.23. The second-order valence-corrected chi connectivity index (χ2v) is 7.68. The number of piperazine rings is 1. The van der Waals surface area contributed by atoms with E-state index in [0.29, 0.717) is 23.9 Å². The Balaban J connectivity index is 2.07. The number of aromatic nitrogens is 1. The molecule has 0 bridgehead atoms. The minimum absolute atomic E-state index is 0.607. The van der Waals surface area contributed by atoms with Gasteiger partial charge in [-0.3, -0.25) is 4.90 Å². The quantitative estimate of drug-likeness (QED) is 0.920. The highest BCUT2D eigenvalue weighted by Gasteiger charge is 2.31. The van der Waals surface area contributed by atoms with Gasteiger partial charge >= 0.3 is 0 Å². The van der Waals surface area contributed by atoms with Crippen LogP contribution >= 0.6 is 11.3 Å². The lowest BCUT2D eigenvalue weighted by Gasteiger charge is -2.43. The van der Waals surface area contributed by atoms with Crippen molar-refractivity contribution in [2.75, 3.05) is 13.1 Å². The van der Waals surface area contributed by atoms with E-state index in [9.17, 15) is 0 Å². The molecule has 2 rings (SSSR count). The summed E-state index contributed by atoms with van der Waals surface area (Å²) < 4.78 is 0. The lowest BCUT2D eigenvalue weighted by atomic mass is 9.94. The summed E-state index contributed by atoms with van der Waals surface area (Å²) in [4.78, 5) is 8.47. The number of nitrogens with zero attached hydrogens (tertiary/aromatic N) is 2. The predicted molar refractivity (Wildman–Crippen MR) is 82.5 cm³/mol. The molecule has 19 heavy (non-hydrogen) atoms. The monoisotopic (exact) mass is 281 g/mol. The Morgan fingerprint density at radius 1 is 1.37 bits per heavy atom. The molecule has 2 heterocycles. The van der Waals surface area contributed by atoms with Crippen LogP contribution < -0.4 is 5.32 Å². The molecule has 2 atom stereocenters. The molecular weight excluding hydrogens is 254 g/mol. The van der Waals surface area contributed by atoms with Crippen LogP contribution in [-0.4, -0.2) is 35.1 Å². The Labute approximate surface area is 121 Å². The van der Waals surface area contributed by atoms with Gasteiger partial charge in [0.2, 0.25) is 0 Å². The maximum Gasteiger partial charge on any atom is 0.107 e. The van der Waals surface area contributed by atoms with Gasteiger partial charge in [-0.05, 0) is 18.8 Å². The SMILES string of the molecule is Cc1cnc(CN2CC(C(C)C)NCC2C(C)C)s1. The first-order chi connectivity index (χ1) is 8.97. The maximum absolute atomic E-state index is 4.53. The Kier molecular flexibility index (Phi) is 4.98. The lowest BCUT2D eigenvalue weighted by molar-refractivity contribution is 0.0783. The van der Waals surface area contributed by atoms with Crippen molar-refractivity contribution >= 4 is 11.3 Å². The predicted octanol–water partition coefficient (Wildman–Crippen LogP) is 2.91. The standard InChI is InChI=1S/C15H27N3S/c1-10(2)13-8-18(14(7-16-13)11(3)4)9-15-17-6-12(5)19-15/h6,10-11,13-14,16H,7-9H2,1-5H3. The van der Waals surface area contributed by atoms with Crippen LogP contribution in [0, 0.1) is 18.8 Å². The van der Waals surface area contributed by atoms with Gasteiger partial charge in [0.05, 0.1) is 6.54 Å². The van der Waals surface area contributed by atoms with Crippen LogP contribution in [-0.2, 0) is 6.54 Å². The Morgan fingerprint density at radius 2 is 2.11 bits per heavy atom. The van der Waals surface area contributed by atoms with Crippen molar-refractivity contribution in [3.63, 3.8) is 0 Å². The molecule has 0 aromatic carbocycles. The fourth-order valence-electron chi connectivity index (χ4n) is 2.79. The molecule has 1 fully saturated rings. The molecule has 0 radical (unpaired) electrons. The first-order valence-corrected chi connectivity index (χ1v) is 8.17. The number of thiazole rings is 1. The van der Waals surface area contributed by atoms with Gasteiger partial charge in [0.15, 0.2) is 0 Å². The van der Waals surface area contributed by atoms with Gasteiger partial charge in [0.25, 0.3) is 0 Å². The van der Waals surface area contributed by atoms with E-state index in [-0.39, 0.29) is 0 Å². The highest BCUT2D eigenvalue weighted by molar-refractivity contribution is 7.11. The van der Waals surface area contributed by atoms with Crippen molar-refractivity contribution < 1.29 is 0 Å². The van der Waals surface area contributed by atoms with Crippen molar-refractivity contribution in [2.45, 2.75) is 53.2 Å². The zero-order chi connectivity index (χ0) is 14.0. The van der Waals surface area contributed by atoms with E-state index in [4.69, 9.17) is 0 Å². The fraction of sp³-hybridized carbons (Fsp3) is 0.800. The zero-order valence-corrected chi connectivity index (χ0v) is 13.6. The average molecular weight is 281 g/mol. The average Bonchev–Trinajstić information content (AvgIpc) is 2.74. The summed E-state index contributed by atoms with van der Waals surface area (Å²) in [5.74, 6) is 1.37. The molecule has 108 valence electrons. The van der Waals surface area contributed by atoms with E-state index >= 15 is 0 Å². The van der Waals surface area contributed by atoms with Crippen molar-refractivity contribution in [1.29, 1.82) is 0 Å². The Hall–Kier alpha value is -0.450. The fourth-order valence-corrected chi connectivity index (χ4v) is 3.60. The summed E-state index contributed by atoms with van der Waals surface area (Å²) in [6.45, 7) is 14.6. The molecule has 0 saturated carbocycles. The summed E-state index contributed by atoms with van der Waals surface area (Å²) >= 11 is 1.83. The zero-order valence-electron chi connectivity index (χ0n) is 12.8. The third-order valence-electron chi connectivity index (χ3n) is 4.07. The van der Waals surface area contributed by atoms with Gasteiger partial charge in [0.1, 0.15) is 5.01 Å². The van der Waals surface area contributed by atoms with Crippen LogP contribution in [0.25, 0.3) is 0 Å². The van der Waals surface area contributed by atoms with E-state index in [1.54, 1.807) is 0 Å². The normalized spacial score (nSPS) is 25.4. The first-order valence-electron chi connectivity index (χ1n) is 7.36. The van der Waals surface area contributed by atoms with Gasteiger partial charge in [-0.1, -0.05) is 27.7 Å². The van der Waals surface area contributed by atoms with Gasteiger partial charge in [-0.25, -0.2) is 4.98 Å². The van der Waals surface area contributed by atoms with Gasteiger partial charge in [0, 0.05) is 36.2 Å². The number of rotatable bonds is 4. The molecule has 0 amide bonds. The molecule has 1 saturated heterocycles. The Bertz CT molecular complexity index is 400. The molecule has 1 N–H and O–H groups in total. The largest absolute Gasteiger partial charge is 0.311 e. The highest BCUT2D eigenvalue weighted by Crippen LogP contribution is 2.22. The van der Waals surface area contributed by atoms with E-state index < -0.39 is 0 Å². The third-order valence-corrected chi connectivity index (χ3v) is 4.97. The maximum atomic E-state index is 4.53. The van der Waals surface area contributed by atoms with Crippen LogP contribution in [0.1, 0.15) is 37.6 Å². The molecule has 2 unspecified atom stereocenters. The van der Waals surface area contributed by atoms with Gasteiger partial charge in [-0.2, -0.15) is 0 Å². The molecular formula is C15H27N3S. The minimum Gasteiger partial charge on any atom is -0.311 e. The highest BCUT2D eigenvalue weighted by atomic mass is 32.1. The lowest BCUT2D eigenvalue weighted by Crippen LogP contribution is -2.59. The molecule has 3 nitrogen and oxygen atoms in total. The van der Waals surface area contributed by atoms with Crippen LogP contribution in [0.5, 0.6) is 0 Å². The molecule has 0 spiro atoms. The summed E-state index contributed by atoms with van der Waals surface area (Å²) in [6.07, 6.45) is 1.99. The van der Waals surface area contributed by atoms with E-state index in [2.05, 4.69) is 49.8 Å². The molecule has 1 aliphatic heterocycles. The Morgan fingerprint density at radius 3 is 2.63 bits per heavy atom. The van der Waals surface area contributed by atoms with Crippen molar-refractivity contribution in [3.05, 3.63) is 16.1 Å². The van der Waals surface area contributed by atoms with Crippen LogP contribution in [0.15, 0.2) is 6.20 Å². The van der Waals surface area contributed by atoms with Crippen molar-refractivity contribution in [1.82, 2.24) is 15.2 Å². The summed E-state index contributed by atoms with van der Waals surface area (Å²) in [5, 5.41) is 4.97. The summed E-state index contributed by atoms with van der Waals surface area (Å²) in [5.41, 5.74) is 0. The van der Waals surface area contributed by atoms with Crippen molar-refractivity contribution in [2.24, 2.45) is 11.8 Å². The van der Waals surface area contributed by atoms with E-state index in [1.165, 1.54) is 9.88 Å². The molecule has 1 aromatic rings. The number of aryl methyl sites for hydroxylation is 1. The second-order valence-electron chi connectivity index (χ2n) is 6.36. The van der Waals surface area contributed by atoms with Gasteiger partial charge < -0.3 is 5.32 Å². The topological polar surface area (TPSA) is 28.2 Å². The molecule has 4 heteroatoms. The first kappa shape index (κ1) is 14.9. The number of nitrogens with one attached hydrogen (secondary N) is 1. The van der Waals surface area contributed by atoms with E-state index in [1.807, 2.05) is 17.5 Å². The second kappa shape index (κ2) is 6.33. The molecule has 1 aliphatic rings.